The summed E-state index contributed by atoms with van der Waals surface area (Å²) in [6.45, 7) is -0.0475. The molecule has 0 aromatic carbocycles. The molecular weight excluding hydrogens is 222 g/mol. The molecular formula is C7H6BrN3O. The quantitative estimate of drug-likeness (QED) is 0.791. The molecule has 12 heavy (non-hydrogen) atoms. The Morgan fingerprint density at radius 2 is 2.42 bits per heavy atom. The van der Waals surface area contributed by atoms with Gasteiger partial charge in [-0.05, 0) is 15.9 Å². The van der Waals surface area contributed by atoms with Crippen LogP contribution < -0.4 is 0 Å². The van der Waals surface area contributed by atoms with Gasteiger partial charge in [-0.1, -0.05) is 0 Å². The van der Waals surface area contributed by atoms with Crippen molar-refractivity contribution in [2.45, 2.75) is 6.61 Å². The third-order valence-electron chi connectivity index (χ3n) is 1.54. The number of fused-ring (bicyclic) bond motifs is 1. The molecule has 0 saturated carbocycles. The predicted molar refractivity (Wildman–Crippen MR) is 46.6 cm³/mol. The average molecular weight is 228 g/mol. The lowest BCUT2D eigenvalue weighted by Crippen LogP contribution is -1.85. The number of aliphatic hydroxyl groups is 1. The molecule has 0 atom stereocenters. The second kappa shape index (κ2) is 2.84. The number of aliphatic hydroxyl groups excluding tert-OH is 1. The van der Waals surface area contributed by atoms with Crippen molar-refractivity contribution in [3.8, 4) is 0 Å². The van der Waals surface area contributed by atoms with E-state index >= 15 is 0 Å². The maximum atomic E-state index is 8.82. The highest BCUT2D eigenvalue weighted by Gasteiger charge is 2.03. The van der Waals surface area contributed by atoms with Gasteiger partial charge in [0.05, 0.1) is 12.3 Å². The van der Waals surface area contributed by atoms with E-state index in [4.69, 9.17) is 5.11 Å². The van der Waals surface area contributed by atoms with E-state index in [2.05, 4.69) is 25.9 Å². The van der Waals surface area contributed by atoms with Crippen molar-refractivity contribution in [2.75, 3.05) is 0 Å². The molecule has 4 nitrogen and oxygen atoms in total. The zero-order valence-corrected chi connectivity index (χ0v) is 7.69. The summed E-state index contributed by atoms with van der Waals surface area (Å²) in [5.74, 6) is 0. The van der Waals surface area contributed by atoms with Gasteiger partial charge in [-0.25, -0.2) is 9.97 Å². The van der Waals surface area contributed by atoms with Crippen LogP contribution in [0.2, 0.25) is 0 Å². The molecule has 0 radical (unpaired) electrons. The lowest BCUT2D eigenvalue weighted by molar-refractivity contribution is 0.277. The van der Waals surface area contributed by atoms with Gasteiger partial charge < -0.3 is 9.51 Å². The van der Waals surface area contributed by atoms with E-state index in [0.717, 1.165) is 5.65 Å². The van der Waals surface area contributed by atoms with E-state index in [1.807, 2.05) is 4.40 Å². The first-order valence-electron chi connectivity index (χ1n) is 3.40. The number of aromatic nitrogens is 3. The van der Waals surface area contributed by atoms with Crippen molar-refractivity contribution >= 4 is 21.6 Å². The SMILES string of the molecule is OCc1cn2ccnc(Br)c2n1. The van der Waals surface area contributed by atoms with Gasteiger partial charge in [0.1, 0.15) is 4.60 Å². The van der Waals surface area contributed by atoms with Crippen LogP contribution in [0.1, 0.15) is 5.69 Å². The smallest absolute Gasteiger partial charge is 0.170 e. The predicted octanol–water partition coefficient (Wildman–Crippen LogP) is 0.984. The summed E-state index contributed by atoms with van der Waals surface area (Å²) in [4.78, 5) is 8.14. The Morgan fingerprint density at radius 3 is 3.08 bits per heavy atom. The number of nitrogens with zero attached hydrogens (tertiary/aromatic N) is 3. The highest BCUT2D eigenvalue weighted by Crippen LogP contribution is 2.13. The Bertz CT molecular complexity index is 412. The molecule has 0 saturated heterocycles. The topological polar surface area (TPSA) is 50.4 Å². The monoisotopic (exact) mass is 227 g/mol. The fourth-order valence-corrected chi connectivity index (χ4v) is 1.43. The van der Waals surface area contributed by atoms with Crippen molar-refractivity contribution in [1.29, 1.82) is 0 Å². The van der Waals surface area contributed by atoms with Crippen LogP contribution in [0.5, 0.6) is 0 Å². The lowest BCUT2D eigenvalue weighted by atomic mass is 10.5. The molecule has 2 heterocycles. The number of halogens is 1. The van der Waals surface area contributed by atoms with Gasteiger partial charge in [0.2, 0.25) is 0 Å². The first kappa shape index (κ1) is 7.70. The van der Waals surface area contributed by atoms with Gasteiger partial charge in [-0.2, -0.15) is 0 Å². The van der Waals surface area contributed by atoms with Crippen LogP contribution in [0.25, 0.3) is 5.65 Å². The number of rotatable bonds is 1. The second-order valence-corrected chi connectivity index (χ2v) is 3.09. The summed E-state index contributed by atoms with van der Waals surface area (Å²) in [5, 5.41) is 8.82. The van der Waals surface area contributed by atoms with Gasteiger partial charge in [-0.15, -0.1) is 0 Å². The molecule has 0 fully saturated rings. The zero-order chi connectivity index (χ0) is 8.55. The number of imidazole rings is 1. The van der Waals surface area contributed by atoms with Crippen molar-refractivity contribution in [1.82, 2.24) is 14.4 Å². The standard InChI is InChI=1S/C7H6BrN3O/c8-6-7-10-5(4-12)3-11(7)2-1-9-6/h1-3,12H,4H2. The van der Waals surface area contributed by atoms with E-state index < -0.39 is 0 Å². The molecule has 0 spiro atoms. The summed E-state index contributed by atoms with van der Waals surface area (Å²) in [6, 6.07) is 0. The molecule has 0 bridgehead atoms. The zero-order valence-electron chi connectivity index (χ0n) is 6.11. The van der Waals surface area contributed by atoms with E-state index in [1.165, 1.54) is 0 Å². The Hall–Kier alpha value is -0.940. The van der Waals surface area contributed by atoms with Crippen LogP contribution in [0, 0.1) is 0 Å². The molecule has 0 unspecified atom stereocenters. The molecule has 2 aromatic rings. The molecule has 0 amide bonds. The fourth-order valence-electron chi connectivity index (χ4n) is 1.02. The van der Waals surface area contributed by atoms with Crippen LogP contribution >= 0.6 is 15.9 Å². The Kier molecular flexibility index (Phi) is 1.82. The van der Waals surface area contributed by atoms with Gasteiger partial charge >= 0.3 is 0 Å². The molecule has 62 valence electrons. The maximum Gasteiger partial charge on any atom is 0.170 e. The maximum absolute atomic E-state index is 8.82. The van der Waals surface area contributed by atoms with E-state index in [9.17, 15) is 0 Å². The summed E-state index contributed by atoms with van der Waals surface area (Å²) in [7, 11) is 0. The third kappa shape index (κ3) is 1.11. The highest BCUT2D eigenvalue weighted by molar-refractivity contribution is 9.10. The molecule has 0 aliphatic carbocycles. The van der Waals surface area contributed by atoms with Gasteiger partial charge in [0, 0.05) is 18.6 Å². The minimum atomic E-state index is -0.0475. The Labute approximate surface area is 77.0 Å². The molecule has 0 aliphatic rings. The van der Waals surface area contributed by atoms with E-state index in [0.29, 0.717) is 10.3 Å². The largest absolute Gasteiger partial charge is 0.390 e. The molecule has 5 heteroatoms. The fraction of sp³-hybridized carbons (Fsp3) is 0.143. The summed E-state index contributed by atoms with van der Waals surface area (Å²) in [5.41, 5.74) is 1.37. The van der Waals surface area contributed by atoms with Gasteiger partial charge in [0.15, 0.2) is 5.65 Å². The minimum absolute atomic E-state index is 0.0475. The highest BCUT2D eigenvalue weighted by atomic mass is 79.9. The Balaban J connectivity index is 2.74. The minimum Gasteiger partial charge on any atom is -0.390 e. The van der Waals surface area contributed by atoms with Crippen molar-refractivity contribution < 1.29 is 5.11 Å². The molecule has 0 aliphatic heterocycles. The summed E-state index contributed by atoms with van der Waals surface area (Å²) >= 11 is 3.26. The van der Waals surface area contributed by atoms with Crippen LogP contribution in [0.15, 0.2) is 23.2 Å². The molecule has 2 aromatic heterocycles. The van der Waals surface area contributed by atoms with Crippen molar-refractivity contribution in [3.05, 3.63) is 28.9 Å². The van der Waals surface area contributed by atoms with Crippen LogP contribution in [-0.2, 0) is 6.61 Å². The first-order valence-corrected chi connectivity index (χ1v) is 4.19. The summed E-state index contributed by atoms with van der Waals surface area (Å²) in [6.07, 6.45) is 5.22. The average Bonchev–Trinajstić information content (AvgIpc) is 2.49. The van der Waals surface area contributed by atoms with Crippen molar-refractivity contribution in [3.63, 3.8) is 0 Å². The third-order valence-corrected chi connectivity index (χ3v) is 2.10. The molecule has 2 rings (SSSR count). The van der Waals surface area contributed by atoms with Crippen LogP contribution in [0.4, 0.5) is 0 Å². The van der Waals surface area contributed by atoms with Gasteiger partial charge in [0.25, 0.3) is 0 Å². The normalized spacial score (nSPS) is 10.8. The lowest BCUT2D eigenvalue weighted by Gasteiger charge is -1.91. The van der Waals surface area contributed by atoms with Crippen molar-refractivity contribution in [2.24, 2.45) is 0 Å². The van der Waals surface area contributed by atoms with Crippen LogP contribution in [-0.4, -0.2) is 19.5 Å². The van der Waals surface area contributed by atoms with E-state index in [1.54, 1.807) is 18.6 Å². The molecule has 1 N–H and O–H groups in total. The Morgan fingerprint density at radius 1 is 1.58 bits per heavy atom. The number of hydrogen-bond acceptors (Lipinski definition) is 3. The van der Waals surface area contributed by atoms with E-state index in [-0.39, 0.29) is 6.61 Å². The first-order chi connectivity index (χ1) is 5.81. The van der Waals surface area contributed by atoms with Crippen LogP contribution in [0.3, 0.4) is 0 Å². The summed E-state index contributed by atoms with van der Waals surface area (Å²) < 4.78 is 2.49. The second-order valence-electron chi connectivity index (χ2n) is 2.34. The van der Waals surface area contributed by atoms with Gasteiger partial charge in [-0.3, -0.25) is 0 Å². The number of hydrogen-bond donors (Lipinski definition) is 1.